The highest BCUT2D eigenvalue weighted by Crippen LogP contribution is 2.45. The van der Waals surface area contributed by atoms with Gasteiger partial charge in [-0.15, -0.1) is 0 Å². The third-order valence-corrected chi connectivity index (χ3v) is 8.87. The highest BCUT2D eigenvalue weighted by molar-refractivity contribution is 6.12. The normalized spacial score (nSPS) is 27.5. The van der Waals surface area contributed by atoms with Crippen molar-refractivity contribution in [2.24, 2.45) is 21.5 Å². The fourth-order valence-corrected chi connectivity index (χ4v) is 7.04. The summed E-state index contributed by atoms with van der Waals surface area (Å²) in [5.74, 6) is -3.80. The van der Waals surface area contributed by atoms with Crippen LogP contribution in [-0.2, 0) is 10.2 Å². The van der Waals surface area contributed by atoms with Crippen molar-refractivity contribution < 1.29 is 24.6 Å². The topological polar surface area (TPSA) is 202 Å². The number of nitrogens with zero attached hydrogens (tertiary/aromatic N) is 5. The number of nitrogens with one attached hydrogen (secondary N) is 2. The average Bonchev–Trinajstić information content (AvgIpc) is 3.53. The van der Waals surface area contributed by atoms with Gasteiger partial charge in [0, 0.05) is 17.8 Å². The Balaban J connectivity index is 1.30. The lowest BCUT2D eigenvalue weighted by atomic mass is 9.80. The molecule has 2 fully saturated rings. The molecule has 4 aliphatic heterocycles. The third kappa shape index (κ3) is 4.27. The van der Waals surface area contributed by atoms with Crippen LogP contribution in [0.25, 0.3) is 0 Å². The zero-order valence-electron chi connectivity index (χ0n) is 25.0. The van der Waals surface area contributed by atoms with Crippen LogP contribution in [0, 0.1) is 6.92 Å². The summed E-state index contributed by atoms with van der Waals surface area (Å²) < 4.78 is 0. The lowest BCUT2D eigenvalue weighted by Crippen LogP contribution is -2.78. The van der Waals surface area contributed by atoms with Gasteiger partial charge in [0.2, 0.25) is 5.79 Å². The smallest absolute Gasteiger partial charge is 0.331 e. The minimum Gasteiger partial charge on any atom is -0.370 e. The maximum Gasteiger partial charge on any atom is 0.331 e. The van der Waals surface area contributed by atoms with Crippen LogP contribution in [0.15, 0.2) is 58.5 Å². The van der Waals surface area contributed by atoms with Crippen molar-refractivity contribution in [3.05, 3.63) is 65.2 Å². The van der Waals surface area contributed by atoms with E-state index in [2.05, 4.69) is 20.6 Å². The van der Waals surface area contributed by atoms with Crippen molar-refractivity contribution in [3.8, 4) is 0 Å². The van der Waals surface area contributed by atoms with E-state index in [9.17, 15) is 24.6 Å². The van der Waals surface area contributed by atoms with Gasteiger partial charge in [-0.1, -0.05) is 51.1 Å². The number of aliphatic hydroxyl groups is 2. The Hall–Kier alpha value is -4.69. The van der Waals surface area contributed by atoms with Crippen LogP contribution in [0.4, 0.5) is 10.5 Å². The molecule has 1 unspecified atom stereocenters. The first-order valence-electron chi connectivity index (χ1n) is 14.4. The Morgan fingerprint density at radius 1 is 1.09 bits per heavy atom. The number of hydrogen-bond acceptors (Lipinski definition) is 11. The number of aryl methyl sites for hydroxylation is 1. The number of imide groups is 1. The highest BCUT2D eigenvalue weighted by Gasteiger charge is 2.73. The first-order valence-corrected chi connectivity index (χ1v) is 14.4. The molecule has 6 rings (SSSR count). The van der Waals surface area contributed by atoms with Gasteiger partial charge in [0.05, 0.1) is 12.6 Å². The predicted octanol–water partition coefficient (Wildman–Crippen LogP) is -0.464. The van der Waals surface area contributed by atoms with Gasteiger partial charge in [-0.3, -0.25) is 19.4 Å². The zero-order chi connectivity index (χ0) is 31.8. The van der Waals surface area contributed by atoms with Crippen molar-refractivity contribution >= 4 is 35.5 Å². The molecule has 2 aromatic carbocycles. The largest absolute Gasteiger partial charge is 0.370 e. The van der Waals surface area contributed by atoms with Crippen LogP contribution in [0.5, 0.6) is 0 Å². The molecule has 0 aromatic heterocycles. The summed E-state index contributed by atoms with van der Waals surface area (Å²) in [6, 6.07) is 10.3. The number of nitrogens with two attached hydrogens (primary N) is 2. The molecule has 44 heavy (non-hydrogen) atoms. The second-order valence-electron chi connectivity index (χ2n) is 12.7. The second kappa shape index (κ2) is 9.92. The molecular weight excluding hydrogens is 566 g/mol. The van der Waals surface area contributed by atoms with Crippen LogP contribution in [-0.4, -0.2) is 99.0 Å². The van der Waals surface area contributed by atoms with Crippen molar-refractivity contribution in [2.75, 3.05) is 24.5 Å². The number of urea groups is 1. The van der Waals surface area contributed by atoms with Crippen LogP contribution in [0.1, 0.15) is 42.3 Å². The molecule has 14 nitrogen and oxygen atoms in total. The molecule has 1 spiro atoms. The predicted molar refractivity (Wildman–Crippen MR) is 163 cm³/mol. The molecule has 14 heteroatoms. The molecule has 2 saturated heterocycles. The Morgan fingerprint density at radius 2 is 1.80 bits per heavy atom. The van der Waals surface area contributed by atoms with Gasteiger partial charge in [0.15, 0.2) is 17.6 Å². The molecule has 0 saturated carbocycles. The molecule has 0 bridgehead atoms. The summed E-state index contributed by atoms with van der Waals surface area (Å²) in [6.45, 7) is 7.41. The number of guanidine groups is 2. The number of anilines is 1. The van der Waals surface area contributed by atoms with E-state index < -0.39 is 47.4 Å². The summed E-state index contributed by atoms with van der Waals surface area (Å²) in [4.78, 5) is 52.8. The fourth-order valence-electron chi connectivity index (χ4n) is 7.04. The van der Waals surface area contributed by atoms with E-state index in [0.717, 1.165) is 16.0 Å². The number of carbonyl (C=O) groups excluding carboxylic acids is 3. The number of hydrogen-bond donors (Lipinski definition) is 6. The van der Waals surface area contributed by atoms with Crippen LogP contribution < -0.4 is 27.0 Å². The Morgan fingerprint density at radius 3 is 2.48 bits per heavy atom. The van der Waals surface area contributed by atoms with Gasteiger partial charge >= 0.3 is 6.03 Å². The molecule has 4 amide bonds. The molecule has 2 aromatic rings. The van der Waals surface area contributed by atoms with E-state index in [1.807, 2.05) is 39.8 Å². The van der Waals surface area contributed by atoms with Crippen LogP contribution in [0.2, 0.25) is 0 Å². The average molecular weight is 604 g/mol. The molecule has 4 aliphatic rings. The van der Waals surface area contributed by atoms with Crippen molar-refractivity contribution in [1.29, 1.82) is 0 Å². The minimum atomic E-state index is -2.67. The standard InChI is InChI=1S/C30H37N9O5/c1-16-9-8-12-18(22(16)28(2,3)4)24(41)34-20-14-39-26(32)33-19(23-29(39,30(20,43)44)36-25(31)35-23)13-38-21(40)15-37(27(38)42)17-10-6-5-7-11-17/h5-12,19-20,23,43-44H,13-15H2,1-4H3,(H2,32,33)(H,34,41)(H3,31,35,36)/t19-,20?,23-,29-/m0/s1. The SMILES string of the molecule is Cc1cccc(C(=O)NC2CN3C(N)=N[C@@H](CN4C(=O)CN(c5ccccc5)C4=O)[C@@H]4N=C(N)N[C@@]43C2(O)O)c1C(C)(C)C. The molecular formula is C30H37N9O5. The van der Waals surface area contributed by atoms with Crippen LogP contribution in [0.3, 0.4) is 0 Å². The number of aliphatic imine (C=N–C) groups is 2. The summed E-state index contributed by atoms with van der Waals surface area (Å²) in [5.41, 5.74) is 13.1. The van der Waals surface area contributed by atoms with E-state index in [0.29, 0.717) is 11.3 Å². The van der Waals surface area contributed by atoms with Gasteiger partial charge in [-0.25, -0.2) is 14.8 Å². The molecule has 4 atom stereocenters. The van der Waals surface area contributed by atoms with Crippen molar-refractivity contribution in [2.45, 2.75) is 62.7 Å². The van der Waals surface area contributed by atoms with Crippen molar-refractivity contribution in [3.63, 3.8) is 0 Å². The molecule has 8 N–H and O–H groups in total. The molecule has 4 heterocycles. The quantitative estimate of drug-likeness (QED) is 0.193. The minimum absolute atomic E-state index is 0.0854. The number of para-hydroxylation sites is 1. The Kier molecular flexibility index (Phi) is 6.63. The van der Waals surface area contributed by atoms with Gasteiger partial charge in [0.1, 0.15) is 18.6 Å². The number of rotatable bonds is 5. The first kappa shape index (κ1) is 29.4. The highest BCUT2D eigenvalue weighted by atomic mass is 16.5. The van der Waals surface area contributed by atoms with Crippen molar-refractivity contribution in [1.82, 2.24) is 20.4 Å². The van der Waals surface area contributed by atoms with E-state index in [-0.39, 0.29) is 37.0 Å². The Bertz CT molecular complexity index is 1600. The number of carbonyl (C=O) groups is 3. The Labute approximate surface area is 254 Å². The van der Waals surface area contributed by atoms with E-state index in [1.165, 1.54) is 9.80 Å². The lowest BCUT2D eigenvalue weighted by molar-refractivity contribution is -0.230. The van der Waals surface area contributed by atoms with Gasteiger partial charge in [0.25, 0.3) is 11.8 Å². The van der Waals surface area contributed by atoms with Gasteiger partial charge in [-0.05, 0) is 41.7 Å². The van der Waals surface area contributed by atoms with Crippen LogP contribution >= 0.6 is 0 Å². The maximum absolute atomic E-state index is 13.7. The number of benzene rings is 2. The van der Waals surface area contributed by atoms with Gasteiger partial charge in [-0.2, -0.15) is 0 Å². The monoisotopic (exact) mass is 603 g/mol. The number of amides is 4. The second-order valence-corrected chi connectivity index (χ2v) is 12.7. The summed E-state index contributed by atoms with van der Waals surface area (Å²) in [7, 11) is 0. The maximum atomic E-state index is 13.7. The third-order valence-electron chi connectivity index (χ3n) is 8.87. The molecule has 0 radical (unpaired) electrons. The first-order chi connectivity index (χ1) is 20.7. The zero-order valence-corrected chi connectivity index (χ0v) is 25.0. The van der Waals surface area contributed by atoms with E-state index >= 15 is 0 Å². The van der Waals surface area contributed by atoms with E-state index in [1.54, 1.807) is 36.4 Å². The summed E-state index contributed by atoms with van der Waals surface area (Å²) >= 11 is 0. The molecule has 0 aliphatic carbocycles. The summed E-state index contributed by atoms with van der Waals surface area (Å²) in [5, 5.41) is 29.4. The fraction of sp³-hybridized carbons (Fsp3) is 0.433. The van der Waals surface area contributed by atoms with Gasteiger partial charge < -0.3 is 37.2 Å². The lowest BCUT2D eigenvalue weighted by Gasteiger charge is -2.49. The summed E-state index contributed by atoms with van der Waals surface area (Å²) in [6.07, 6.45) is 0. The van der Waals surface area contributed by atoms with E-state index in [4.69, 9.17) is 11.5 Å². The molecule has 232 valence electrons.